The summed E-state index contributed by atoms with van der Waals surface area (Å²) in [5.41, 5.74) is 1.23. The van der Waals surface area contributed by atoms with E-state index in [1.807, 2.05) is 13.0 Å². The van der Waals surface area contributed by atoms with Crippen LogP contribution in [0.3, 0.4) is 0 Å². The third-order valence-electron chi connectivity index (χ3n) is 4.19. The van der Waals surface area contributed by atoms with Crippen LogP contribution in [0.25, 0.3) is 5.69 Å². The summed E-state index contributed by atoms with van der Waals surface area (Å²) in [4.78, 5) is 8.09. The molecule has 1 atom stereocenters. The zero-order valence-corrected chi connectivity index (χ0v) is 19.0. The zero-order chi connectivity index (χ0) is 20.6. The highest BCUT2D eigenvalue weighted by molar-refractivity contribution is 14.0. The Morgan fingerprint density at radius 2 is 1.93 bits per heavy atom. The predicted octanol–water partition coefficient (Wildman–Crippen LogP) is 3.90. The van der Waals surface area contributed by atoms with E-state index in [1.54, 1.807) is 48.5 Å². The minimum absolute atomic E-state index is 0. The largest absolute Gasteiger partial charge is 0.489 e. The highest BCUT2D eigenvalue weighted by Gasteiger charge is 2.08. The van der Waals surface area contributed by atoms with Crippen molar-refractivity contribution < 1.29 is 13.5 Å². The number of nitrogens with one attached hydrogen (secondary N) is 2. The van der Waals surface area contributed by atoms with E-state index in [2.05, 4.69) is 20.6 Å². The average molecular weight is 527 g/mol. The highest BCUT2D eigenvalue weighted by Crippen LogP contribution is 2.15. The van der Waals surface area contributed by atoms with Gasteiger partial charge in [-0.1, -0.05) is 6.07 Å². The molecule has 0 amide bonds. The van der Waals surface area contributed by atoms with Crippen molar-refractivity contribution in [3.8, 4) is 11.4 Å². The number of guanidine groups is 1. The number of aliphatic imine (C=N–C) groups is 1. The molecule has 160 valence electrons. The minimum atomic E-state index is -0.327. The summed E-state index contributed by atoms with van der Waals surface area (Å²) in [5, 5.41) is 6.29. The van der Waals surface area contributed by atoms with E-state index in [-0.39, 0.29) is 41.7 Å². The summed E-state index contributed by atoms with van der Waals surface area (Å²) < 4.78 is 34.6. The van der Waals surface area contributed by atoms with Gasteiger partial charge < -0.3 is 19.9 Å². The number of aromatic nitrogens is 2. The standard InChI is InChI=1S/C21H23F2N5O.HI/c1-15(29-18-6-4-17(22)5-7-18)12-26-21(24-2)27-13-16-3-8-20(19(23)11-16)28-10-9-25-14-28;/h3-11,14-15H,12-13H2,1-2H3,(H2,24,26,27);1H. The number of benzene rings is 2. The van der Waals surface area contributed by atoms with E-state index in [0.29, 0.717) is 30.5 Å². The summed E-state index contributed by atoms with van der Waals surface area (Å²) in [6.45, 7) is 2.80. The molecule has 0 spiro atoms. The molecule has 9 heteroatoms. The van der Waals surface area contributed by atoms with Crippen molar-refractivity contribution in [2.45, 2.75) is 19.6 Å². The summed E-state index contributed by atoms with van der Waals surface area (Å²) in [6.07, 6.45) is 4.69. The van der Waals surface area contributed by atoms with Crippen LogP contribution in [0, 0.1) is 11.6 Å². The average Bonchev–Trinajstić information content (AvgIpc) is 3.24. The Kier molecular flexibility index (Phi) is 9.03. The van der Waals surface area contributed by atoms with Gasteiger partial charge in [-0.05, 0) is 48.9 Å². The number of imidazole rings is 1. The van der Waals surface area contributed by atoms with Gasteiger partial charge in [-0.2, -0.15) is 0 Å². The molecular formula is C21H24F2IN5O. The first-order chi connectivity index (χ1) is 14.0. The van der Waals surface area contributed by atoms with Crippen molar-refractivity contribution in [1.29, 1.82) is 0 Å². The Bertz CT molecular complexity index is 949. The molecule has 1 heterocycles. The number of halogens is 3. The molecule has 0 saturated carbocycles. The van der Waals surface area contributed by atoms with Crippen LogP contribution in [0.1, 0.15) is 12.5 Å². The van der Waals surface area contributed by atoms with E-state index in [0.717, 1.165) is 5.56 Å². The monoisotopic (exact) mass is 527 g/mol. The van der Waals surface area contributed by atoms with Gasteiger partial charge in [0.15, 0.2) is 5.96 Å². The Hall–Kier alpha value is -2.69. The lowest BCUT2D eigenvalue weighted by Gasteiger charge is -2.18. The lowest BCUT2D eigenvalue weighted by molar-refractivity contribution is 0.223. The molecule has 1 unspecified atom stereocenters. The number of nitrogens with zero attached hydrogens (tertiary/aromatic N) is 3. The molecular weight excluding hydrogens is 503 g/mol. The highest BCUT2D eigenvalue weighted by atomic mass is 127. The zero-order valence-electron chi connectivity index (χ0n) is 16.7. The molecule has 0 radical (unpaired) electrons. The number of hydrogen-bond acceptors (Lipinski definition) is 3. The first kappa shape index (κ1) is 23.6. The molecule has 6 nitrogen and oxygen atoms in total. The van der Waals surface area contributed by atoms with Crippen LogP contribution in [-0.4, -0.2) is 35.2 Å². The fourth-order valence-electron chi connectivity index (χ4n) is 2.71. The van der Waals surface area contributed by atoms with E-state index in [4.69, 9.17) is 4.74 Å². The summed E-state index contributed by atoms with van der Waals surface area (Å²) >= 11 is 0. The van der Waals surface area contributed by atoms with E-state index < -0.39 is 0 Å². The van der Waals surface area contributed by atoms with Gasteiger partial charge in [0.1, 0.15) is 23.5 Å². The molecule has 30 heavy (non-hydrogen) atoms. The SMILES string of the molecule is CN=C(NCc1ccc(-n2ccnc2)c(F)c1)NCC(C)Oc1ccc(F)cc1.I. The van der Waals surface area contributed by atoms with Gasteiger partial charge in [0.05, 0.1) is 18.6 Å². The molecule has 0 fully saturated rings. The van der Waals surface area contributed by atoms with Crippen molar-refractivity contribution in [2.75, 3.05) is 13.6 Å². The van der Waals surface area contributed by atoms with Crippen LogP contribution in [-0.2, 0) is 6.54 Å². The first-order valence-electron chi connectivity index (χ1n) is 9.18. The van der Waals surface area contributed by atoms with Crippen molar-refractivity contribution in [3.63, 3.8) is 0 Å². The van der Waals surface area contributed by atoms with Crippen LogP contribution in [0.4, 0.5) is 8.78 Å². The fraction of sp³-hybridized carbons (Fsp3) is 0.238. The van der Waals surface area contributed by atoms with Gasteiger partial charge >= 0.3 is 0 Å². The third kappa shape index (κ3) is 6.68. The molecule has 1 aromatic heterocycles. The second-order valence-electron chi connectivity index (χ2n) is 6.44. The second-order valence-corrected chi connectivity index (χ2v) is 6.44. The number of hydrogen-bond donors (Lipinski definition) is 2. The van der Waals surface area contributed by atoms with Gasteiger partial charge in [-0.25, -0.2) is 13.8 Å². The molecule has 0 saturated heterocycles. The van der Waals surface area contributed by atoms with Crippen LogP contribution < -0.4 is 15.4 Å². The van der Waals surface area contributed by atoms with Crippen molar-refractivity contribution in [1.82, 2.24) is 20.2 Å². The summed E-state index contributed by atoms with van der Waals surface area (Å²) in [5.74, 6) is 0.532. The quantitative estimate of drug-likeness (QED) is 0.278. The maximum atomic E-state index is 14.3. The lowest BCUT2D eigenvalue weighted by Crippen LogP contribution is -2.41. The lowest BCUT2D eigenvalue weighted by atomic mass is 10.2. The maximum absolute atomic E-state index is 14.3. The molecule has 0 aliphatic carbocycles. The van der Waals surface area contributed by atoms with E-state index >= 15 is 0 Å². The Balaban J connectivity index is 0.00000320. The Morgan fingerprint density at radius 3 is 2.57 bits per heavy atom. The smallest absolute Gasteiger partial charge is 0.191 e. The maximum Gasteiger partial charge on any atom is 0.191 e. The summed E-state index contributed by atoms with van der Waals surface area (Å²) in [7, 11) is 1.66. The minimum Gasteiger partial charge on any atom is -0.489 e. The Labute approximate surface area is 191 Å². The second kappa shape index (κ2) is 11.5. The van der Waals surface area contributed by atoms with Gasteiger partial charge in [0, 0.05) is 26.0 Å². The Morgan fingerprint density at radius 1 is 1.17 bits per heavy atom. The van der Waals surface area contributed by atoms with Crippen molar-refractivity contribution in [2.24, 2.45) is 4.99 Å². The van der Waals surface area contributed by atoms with Crippen LogP contribution in [0.2, 0.25) is 0 Å². The number of rotatable bonds is 7. The third-order valence-corrected chi connectivity index (χ3v) is 4.19. The van der Waals surface area contributed by atoms with Crippen LogP contribution in [0.5, 0.6) is 5.75 Å². The summed E-state index contributed by atoms with van der Waals surface area (Å²) in [6, 6.07) is 10.9. The van der Waals surface area contributed by atoms with E-state index in [9.17, 15) is 8.78 Å². The van der Waals surface area contributed by atoms with Crippen molar-refractivity contribution >= 4 is 29.9 Å². The predicted molar refractivity (Wildman–Crippen MR) is 124 cm³/mol. The van der Waals surface area contributed by atoms with Crippen molar-refractivity contribution in [3.05, 3.63) is 78.4 Å². The van der Waals surface area contributed by atoms with Gasteiger partial charge in [0.2, 0.25) is 0 Å². The van der Waals surface area contributed by atoms with Gasteiger partial charge in [-0.3, -0.25) is 4.99 Å². The fourth-order valence-corrected chi connectivity index (χ4v) is 2.71. The normalized spacial score (nSPS) is 12.1. The molecule has 2 N–H and O–H groups in total. The van der Waals surface area contributed by atoms with Gasteiger partial charge in [-0.15, -0.1) is 24.0 Å². The van der Waals surface area contributed by atoms with Crippen LogP contribution >= 0.6 is 24.0 Å². The molecule has 3 aromatic rings. The van der Waals surface area contributed by atoms with Gasteiger partial charge in [0.25, 0.3) is 0 Å². The van der Waals surface area contributed by atoms with Crippen LogP contribution in [0.15, 0.2) is 66.2 Å². The molecule has 3 rings (SSSR count). The van der Waals surface area contributed by atoms with E-state index in [1.165, 1.54) is 18.2 Å². The first-order valence-corrected chi connectivity index (χ1v) is 9.18. The molecule has 0 bridgehead atoms. The number of ether oxygens (including phenoxy) is 1. The molecule has 0 aliphatic rings. The molecule has 0 aliphatic heterocycles. The topological polar surface area (TPSA) is 63.5 Å². The molecule has 2 aromatic carbocycles.